The van der Waals surface area contributed by atoms with Gasteiger partial charge in [-0.25, -0.2) is 0 Å². The first-order chi connectivity index (χ1) is 12.5. The zero-order valence-corrected chi connectivity index (χ0v) is 14.8. The third-order valence-electron chi connectivity index (χ3n) is 4.80. The molecule has 3 heterocycles. The molecule has 0 bridgehead atoms. The topological polar surface area (TPSA) is 80.3 Å². The third kappa shape index (κ3) is 2.73. The van der Waals surface area contributed by atoms with E-state index in [0.29, 0.717) is 18.9 Å². The molecule has 1 fully saturated rings. The standard InChI is InChI=1S/C18H20N6O2/c1-13-11-16(14-5-3-4-6-15(14)20-13)22-7-9-23(10-8-22)18-17(24(25)26)19-12-21(18)2/h3-6,11-12H,7-10H2,1-2H3. The molecule has 134 valence electrons. The molecule has 0 N–H and O–H groups in total. The number of hydrogen-bond acceptors (Lipinski definition) is 6. The Morgan fingerprint density at radius 2 is 1.81 bits per heavy atom. The van der Waals surface area contributed by atoms with Crippen LogP contribution in [0.1, 0.15) is 5.69 Å². The van der Waals surface area contributed by atoms with Crippen LogP contribution in [0.3, 0.4) is 0 Å². The number of para-hydroxylation sites is 1. The van der Waals surface area contributed by atoms with Gasteiger partial charge in [-0.2, -0.15) is 0 Å². The number of nitrogens with zero attached hydrogens (tertiary/aromatic N) is 6. The van der Waals surface area contributed by atoms with Crippen LogP contribution in [-0.4, -0.2) is 45.6 Å². The van der Waals surface area contributed by atoms with Crippen LogP contribution < -0.4 is 9.80 Å². The van der Waals surface area contributed by atoms with Crippen molar-refractivity contribution in [3.63, 3.8) is 0 Å². The van der Waals surface area contributed by atoms with Gasteiger partial charge in [0.25, 0.3) is 0 Å². The minimum atomic E-state index is -0.415. The summed E-state index contributed by atoms with van der Waals surface area (Å²) < 4.78 is 1.72. The van der Waals surface area contributed by atoms with E-state index in [1.165, 1.54) is 12.0 Å². The van der Waals surface area contributed by atoms with Gasteiger partial charge in [0.05, 0.1) is 5.52 Å². The largest absolute Gasteiger partial charge is 0.406 e. The fourth-order valence-electron chi connectivity index (χ4n) is 3.61. The lowest BCUT2D eigenvalue weighted by molar-refractivity contribution is -0.388. The molecule has 1 saturated heterocycles. The third-order valence-corrected chi connectivity index (χ3v) is 4.80. The van der Waals surface area contributed by atoms with Gasteiger partial charge < -0.3 is 19.9 Å². The number of aryl methyl sites for hydroxylation is 2. The summed E-state index contributed by atoms with van der Waals surface area (Å²) in [6.45, 7) is 4.99. The van der Waals surface area contributed by atoms with Crippen molar-refractivity contribution in [3.8, 4) is 0 Å². The summed E-state index contributed by atoms with van der Waals surface area (Å²) >= 11 is 0. The van der Waals surface area contributed by atoms with E-state index < -0.39 is 4.92 Å². The first kappa shape index (κ1) is 16.3. The predicted octanol–water partition coefficient (Wildman–Crippen LogP) is 2.51. The Morgan fingerprint density at radius 3 is 2.54 bits per heavy atom. The Morgan fingerprint density at radius 1 is 1.12 bits per heavy atom. The minimum absolute atomic E-state index is 0.0776. The number of rotatable bonds is 3. The van der Waals surface area contributed by atoms with Gasteiger partial charge in [0.15, 0.2) is 0 Å². The number of hydrogen-bond donors (Lipinski definition) is 0. The van der Waals surface area contributed by atoms with E-state index in [1.807, 2.05) is 30.0 Å². The monoisotopic (exact) mass is 352 g/mol. The normalized spacial score (nSPS) is 14.8. The van der Waals surface area contributed by atoms with Crippen LogP contribution in [0.25, 0.3) is 10.9 Å². The van der Waals surface area contributed by atoms with Crippen molar-refractivity contribution in [2.75, 3.05) is 36.0 Å². The highest BCUT2D eigenvalue weighted by molar-refractivity contribution is 5.92. The fraction of sp³-hybridized carbons (Fsp3) is 0.333. The van der Waals surface area contributed by atoms with Gasteiger partial charge in [-0.3, -0.25) is 9.55 Å². The number of benzene rings is 1. The maximum atomic E-state index is 11.2. The Kier molecular flexibility index (Phi) is 3.95. The van der Waals surface area contributed by atoms with Crippen LogP contribution in [0.2, 0.25) is 0 Å². The molecule has 4 rings (SSSR count). The molecule has 1 aromatic carbocycles. The lowest BCUT2D eigenvalue weighted by Crippen LogP contribution is -2.47. The van der Waals surface area contributed by atoms with Crippen molar-refractivity contribution >= 4 is 28.2 Å². The molecule has 3 aromatic rings. The molecular weight excluding hydrogens is 332 g/mol. The fourth-order valence-corrected chi connectivity index (χ4v) is 3.61. The average molecular weight is 352 g/mol. The summed E-state index contributed by atoms with van der Waals surface area (Å²) in [6.07, 6.45) is 1.50. The van der Waals surface area contributed by atoms with E-state index >= 15 is 0 Å². The average Bonchev–Trinajstić information content (AvgIpc) is 3.03. The highest BCUT2D eigenvalue weighted by Crippen LogP contribution is 2.30. The van der Waals surface area contributed by atoms with Gasteiger partial charge in [-0.15, -0.1) is 0 Å². The number of imidazole rings is 1. The maximum absolute atomic E-state index is 11.2. The first-order valence-electron chi connectivity index (χ1n) is 8.56. The van der Waals surface area contributed by atoms with Crippen molar-refractivity contribution in [2.45, 2.75) is 6.92 Å². The predicted molar refractivity (Wildman–Crippen MR) is 101 cm³/mol. The van der Waals surface area contributed by atoms with Gasteiger partial charge in [-0.1, -0.05) is 18.2 Å². The number of aromatic nitrogens is 3. The molecule has 0 amide bonds. The molecule has 1 aliphatic heterocycles. The number of piperazine rings is 1. The molecular formula is C18H20N6O2. The minimum Gasteiger partial charge on any atom is -0.367 e. The van der Waals surface area contributed by atoms with E-state index in [9.17, 15) is 10.1 Å². The van der Waals surface area contributed by atoms with Gasteiger partial charge >= 0.3 is 5.82 Å². The molecule has 0 saturated carbocycles. The van der Waals surface area contributed by atoms with Crippen LogP contribution >= 0.6 is 0 Å². The molecule has 0 radical (unpaired) electrons. The molecule has 8 nitrogen and oxygen atoms in total. The van der Waals surface area contributed by atoms with Crippen molar-refractivity contribution in [1.82, 2.24) is 14.5 Å². The van der Waals surface area contributed by atoms with Crippen molar-refractivity contribution < 1.29 is 4.92 Å². The molecule has 1 aliphatic rings. The zero-order valence-electron chi connectivity index (χ0n) is 14.8. The Labute approximate surface area is 150 Å². The molecule has 8 heteroatoms. The van der Waals surface area contributed by atoms with Crippen LogP contribution in [-0.2, 0) is 7.05 Å². The van der Waals surface area contributed by atoms with E-state index in [2.05, 4.69) is 27.0 Å². The lowest BCUT2D eigenvalue weighted by Gasteiger charge is -2.37. The number of pyridine rings is 1. The van der Waals surface area contributed by atoms with Crippen LogP contribution in [0.5, 0.6) is 0 Å². The van der Waals surface area contributed by atoms with Crippen molar-refractivity contribution in [3.05, 3.63) is 52.5 Å². The Bertz CT molecular complexity index is 975. The highest BCUT2D eigenvalue weighted by atomic mass is 16.6. The van der Waals surface area contributed by atoms with Gasteiger partial charge in [-0.05, 0) is 29.0 Å². The molecule has 0 aliphatic carbocycles. The van der Waals surface area contributed by atoms with Gasteiger partial charge in [0.1, 0.15) is 0 Å². The number of fused-ring (bicyclic) bond motifs is 1. The molecule has 2 aromatic heterocycles. The number of anilines is 2. The summed E-state index contributed by atoms with van der Waals surface area (Å²) in [6, 6.07) is 10.3. The maximum Gasteiger partial charge on any atom is 0.406 e. The summed E-state index contributed by atoms with van der Waals surface area (Å²) in [5.41, 5.74) is 3.16. The quantitative estimate of drug-likeness (QED) is 0.532. The smallest absolute Gasteiger partial charge is 0.367 e. The van der Waals surface area contributed by atoms with Crippen LogP contribution in [0, 0.1) is 17.0 Å². The molecule has 0 unspecified atom stereocenters. The van der Waals surface area contributed by atoms with Crippen molar-refractivity contribution in [2.24, 2.45) is 7.05 Å². The summed E-state index contributed by atoms with van der Waals surface area (Å²) in [7, 11) is 1.79. The van der Waals surface area contributed by atoms with Gasteiger partial charge in [0, 0.05) is 50.0 Å². The van der Waals surface area contributed by atoms with Crippen molar-refractivity contribution in [1.29, 1.82) is 0 Å². The number of nitro groups is 1. The second-order valence-corrected chi connectivity index (χ2v) is 6.53. The highest BCUT2D eigenvalue weighted by Gasteiger charge is 2.28. The van der Waals surface area contributed by atoms with E-state index in [4.69, 9.17) is 0 Å². The van der Waals surface area contributed by atoms with Crippen LogP contribution in [0.15, 0.2) is 36.7 Å². The second-order valence-electron chi connectivity index (χ2n) is 6.53. The van der Waals surface area contributed by atoms with Gasteiger partial charge in [0.2, 0.25) is 12.1 Å². The molecule has 26 heavy (non-hydrogen) atoms. The lowest BCUT2D eigenvalue weighted by atomic mass is 10.1. The zero-order chi connectivity index (χ0) is 18.3. The van der Waals surface area contributed by atoms with E-state index in [0.717, 1.165) is 29.7 Å². The Balaban J connectivity index is 1.60. The van der Waals surface area contributed by atoms with E-state index in [-0.39, 0.29) is 5.82 Å². The molecule has 0 spiro atoms. The summed E-state index contributed by atoms with van der Waals surface area (Å²) in [5, 5.41) is 12.4. The summed E-state index contributed by atoms with van der Waals surface area (Å²) in [5.74, 6) is 0.497. The van der Waals surface area contributed by atoms with Crippen LogP contribution in [0.4, 0.5) is 17.3 Å². The molecule has 0 atom stereocenters. The second kappa shape index (κ2) is 6.29. The first-order valence-corrected chi connectivity index (χ1v) is 8.56. The SMILES string of the molecule is Cc1cc(N2CCN(c3c([N+](=O)[O-])ncn3C)CC2)c2ccccc2n1. The van der Waals surface area contributed by atoms with E-state index in [1.54, 1.807) is 11.6 Å². The summed E-state index contributed by atoms with van der Waals surface area (Å²) in [4.78, 5) is 23.7. The Hall–Kier alpha value is -3.16.